The average molecular weight is 506 g/mol. The summed E-state index contributed by atoms with van der Waals surface area (Å²) in [6, 6.07) is 12.0. The Morgan fingerprint density at radius 1 is 1.10 bits per heavy atom. The molecule has 0 fully saturated rings. The summed E-state index contributed by atoms with van der Waals surface area (Å²) in [7, 11) is 0. The molecule has 1 amide bonds. The lowest BCUT2D eigenvalue weighted by molar-refractivity contribution is -0.390. The highest BCUT2D eigenvalue weighted by Crippen LogP contribution is 2.33. The number of nitrogens with zero attached hydrogens (tertiary/aromatic N) is 4. The largest absolute Gasteiger partial charge is 0.404 e. The number of anilines is 1. The highest BCUT2D eigenvalue weighted by Gasteiger charge is 2.24. The Kier molecular flexibility index (Phi) is 6.71. The van der Waals surface area contributed by atoms with Gasteiger partial charge in [0.05, 0.1) is 15.7 Å². The number of aromatic nitrogens is 2. The maximum atomic E-state index is 12.5. The summed E-state index contributed by atoms with van der Waals surface area (Å²) in [5.74, 6) is -0.919. The second kappa shape index (κ2) is 9.27. The van der Waals surface area contributed by atoms with Gasteiger partial charge in [-0.15, -0.1) is 0 Å². The third-order valence-electron chi connectivity index (χ3n) is 4.23. The van der Waals surface area contributed by atoms with Gasteiger partial charge in [0.1, 0.15) is 11.0 Å². The van der Waals surface area contributed by atoms with Crippen molar-refractivity contribution in [2.75, 3.05) is 5.32 Å². The van der Waals surface area contributed by atoms with E-state index in [-0.39, 0.29) is 22.4 Å². The van der Waals surface area contributed by atoms with Gasteiger partial charge in [0.2, 0.25) is 5.91 Å². The van der Waals surface area contributed by atoms with Crippen molar-refractivity contribution in [2.24, 2.45) is 0 Å². The summed E-state index contributed by atoms with van der Waals surface area (Å²) in [5.41, 5.74) is 1.59. The molecule has 3 aromatic rings. The molecule has 0 radical (unpaired) electrons. The predicted molar refractivity (Wildman–Crippen MR) is 118 cm³/mol. The number of nitro benzene ring substituents is 1. The zero-order valence-electron chi connectivity index (χ0n) is 16.4. The highest BCUT2D eigenvalue weighted by atomic mass is 79.9. The van der Waals surface area contributed by atoms with Crippen LogP contribution in [0.25, 0.3) is 0 Å². The Morgan fingerprint density at radius 3 is 2.35 bits per heavy atom. The van der Waals surface area contributed by atoms with E-state index in [9.17, 15) is 25.0 Å². The first-order chi connectivity index (χ1) is 14.6. The lowest BCUT2D eigenvalue weighted by Crippen LogP contribution is -2.20. The van der Waals surface area contributed by atoms with Crippen molar-refractivity contribution in [3.8, 4) is 0 Å². The summed E-state index contributed by atoms with van der Waals surface area (Å²) >= 11 is 4.42. The number of carbonyl (C=O) groups is 1. The lowest BCUT2D eigenvalue weighted by atomic mass is 10.2. The van der Waals surface area contributed by atoms with Crippen LogP contribution in [0.3, 0.4) is 0 Å². The van der Waals surface area contributed by atoms with Crippen molar-refractivity contribution >= 4 is 50.8 Å². The first kappa shape index (κ1) is 22.4. The highest BCUT2D eigenvalue weighted by molar-refractivity contribution is 9.10. The molecule has 12 heteroatoms. The van der Waals surface area contributed by atoms with Crippen molar-refractivity contribution in [3.05, 3.63) is 78.4 Å². The van der Waals surface area contributed by atoms with Gasteiger partial charge in [-0.2, -0.15) is 4.68 Å². The summed E-state index contributed by atoms with van der Waals surface area (Å²) in [4.78, 5) is 35.1. The van der Waals surface area contributed by atoms with Gasteiger partial charge >= 0.3 is 5.82 Å². The molecule has 0 aliphatic carbocycles. The summed E-state index contributed by atoms with van der Waals surface area (Å²) in [6.45, 7) is 3.26. The number of halogens is 1. The van der Waals surface area contributed by atoms with Crippen LogP contribution in [-0.2, 0) is 11.3 Å². The molecule has 10 nitrogen and oxygen atoms in total. The minimum Gasteiger partial charge on any atom is -0.358 e. The number of nitro groups is 2. The van der Waals surface area contributed by atoms with E-state index in [4.69, 9.17) is 0 Å². The van der Waals surface area contributed by atoms with Gasteiger partial charge in [-0.05, 0) is 52.9 Å². The third-order valence-corrected chi connectivity index (χ3v) is 6.13. The van der Waals surface area contributed by atoms with Crippen LogP contribution in [0, 0.1) is 34.1 Å². The van der Waals surface area contributed by atoms with Crippen molar-refractivity contribution in [1.29, 1.82) is 0 Å². The molecule has 1 heterocycles. The summed E-state index contributed by atoms with van der Waals surface area (Å²) in [5, 5.41) is 28.8. The van der Waals surface area contributed by atoms with Crippen molar-refractivity contribution in [3.63, 3.8) is 0 Å². The Morgan fingerprint density at radius 2 is 1.77 bits per heavy atom. The fourth-order valence-electron chi connectivity index (χ4n) is 2.68. The fourth-order valence-corrected chi connectivity index (χ4v) is 4.02. The van der Waals surface area contributed by atoms with E-state index in [0.717, 1.165) is 10.5 Å². The van der Waals surface area contributed by atoms with Gasteiger partial charge in [-0.25, -0.2) is 0 Å². The lowest BCUT2D eigenvalue weighted by Gasteiger charge is -2.08. The standard InChI is InChI=1S/C19H16BrN5O5S/c1-11-3-5-15(6-4-11)31-16-8-13(7-14(9-16)24(27)28)21-17(26)10-23-12(2)18(20)19(22-23)25(29)30/h3-9H,10H2,1-2H3,(H,21,26). The topological polar surface area (TPSA) is 133 Å². The van der Waals surface area contributed by atoms with Gasteiger partial charge in [-0.1, -0.05) is 29.5 Å². The monoisotopic (exact) mass is 505 g/mol. The molecule has 0 saturated heterocycles. The Bertz CT molecular complexity index is 1180. The van der Waals surface area contributed by atoms with Crippen LogP contribution in [0.1, 0.15) is 11.3 Å². The van der Waals surface area contributed by atoms with Crippen LogP contribution in [0.4, 0.5) is 17.2 Å². The normalized spacial score (nSPS) is 10.7. The number of benzene rings is 2. The van der Waals surface area contributed by atoms with Crippen LogP contribution in [0.15, 0.2) is 56.7 Å². The van der Waals surface area contributed by atoms with Crippen LogP contribution in [0.5, 0.6) is 0 Å². The molecule has 0 saturated carbocycles. The van der Waals surface area contributed by atoms with Gasteiger partial charge in [-0.3, -0.25) is 14.9 Å². The Hall–Kier alpha value is -3.25. The van der Waals surface area contributed by atoms with Crippen molar-refractivity contribution in [2.45, 2.75) is 30.2 Å². The molecule has 0 spiro atoms. The number of hydrogen-bond acceptors (Lipinski definition) is 7. The maximum absolute atomic E-state index is 12.5. The van der Waals surface area contributed by atoms with Crippen molar-refractivity contribution < 1.29 is 14.6 Å². The van der Waals surface area contributed by atoms with Crippen LogP contribution in [-0.4, -0.2) is 25.5 Å². The number of rotatable bonds is 7. The van der Waals surface area contributed by atoms with Crippen LogP contribution < -0.4 is 5.32 Å². The predicted octanol–water partition coefficient (Wildman–Crippen LogP) is 4.87. The molecule has 2 aromatic carbocycles. The zero-order valence-corrected chi connectivity index (χ0v) is 18.8. The van der Waals surface area contributed by atoms with Gasteiger partial charge in [0, 0.05) is 27.6 Å². The van der Waals surface area contributed by atoms with Gasteiger partial charge < -0.3 is 15.4 Å². The number of carbonyl (C=O) groups excluding carboxylic acids is 1. The molecule has 1 aromatic heterocycles. The zero-order chi connectivity index (χ0) is 22.7. The SMILES string of the molecule is Cc1ccc(Sc2cc(NC(=O)Cn3nc([N+](=O)[O-])c(Br)c3C)cc([N+](=O)[O-])c2)cc1. The minimum atomic E-state index is -0.652. The number of amides is 1. The van der Waals surface area contributed by atoms with Gasteiger partial charge in [0.15, 0.2) is 0 Å². The number of nitrogens with one attached hydrogen (secondary N) is 1. The molecule has 0 bridgehead atoms. The molecule has 160 valence electrons. The minimum absolute atomic E-state index is 0.166. The molecular weight excluding hydrogens is 490 g/mol. The van der Waals surface area contributed by atoms with Crippen LogP contribution in [0.2, 0.25) is 0 Å². The van der Waals surface area contributed by atoms with E-state index in [2.05, 4.69) is 26.3 Å². The molecule has 3 rings (SSSR count). The molecular formula is C19H16BrN5O5S. The third kappa shape index (κ3) is 5.47. The van der Waals surface area contributed by atoms with Gasteiger partial charge in [0.25, 0.3) is 5.69 Å². The second-order valence-corrected chi connectivity index (χ2v) is 8.51. The molecule has 0 unspecified atom stereocenters. The van der Waals surface area contributed by atoms with Crippen LogP contribution >= 0.6 is 27.7 Å². The number of non-ortho nitro benzene ring substituents is 1. The van der Waals surface area contributed by atoms with E-state index in [1.54, 1.807) is 13.0 Å². The smallest absolute Gasteiger partial charge is 0.358 e. The van der Waals surface area contributed by atoms with E-state index in [0.29, 0.717) is 10.6 Å². The summed E-state index contributed by atoms with van der Waals surface area (Å²) < 4.78 is 1.38. The van der Waals surface area contributed by atoms with E-state index < -0.39 is 21.6 Å². The molecule has 1 N–H and O–H groups in total. The Balaban J connectivity index is 1.81. The molecule has 0 aliphatic heterocycles. The first-order valence-corrected chi connectivity index (χ1v) is 10.5. The summed E-state index contributed by atoms with van der Waals surface area (Å²) in [6.07, 6.45) is 0. The quantitative estimate of drug-likeness (QED) is 0.357. The van der Waals surface area contributed by atoms with Crippen molar-refractivity contribution in [1.82, 2.24) is 9.78 Å². The number of aryl methyl sites for hydroxylation is 1. The average Bonchev–Trinajstić information content (AvgIpc) is 2.98. The second-order valence-electron chi connectivity index (χ2n) is 6.57. The molecule has 0 atom stereocenters. The maximum Gasteiger partial charge on any atom is 0.404 e. The van der Waals surface area contributed by atoms with E-state index >= 15 is 0 Å². The Labute approximate surface area is 189 Å². The molecule has 31 heavy (non-hydrogen) atoms. The first-order valence-electron chi connectivity index (χ1n) is 8.85. The fraction of sp³-hybridized carbons (Fsp3) is 0.158. The van der Waals surface area contributed by atoms with E-state index in [1.165, 1.54) is 28.6 Å². The van der Waals surface area contributed by atoms with E-state index in [1.807, 2.05) is 31.2 Å². The molecule has 0 aliphatic rings. The number of hydrogen-bond donors (Lipinski definition) is 1.